The minimum absolute atomic E-state index is 0.326. The summed E-state index contributed by atoms with van der Waals surface area (Å²) >= 11 is 7.05. The molecule has 0 atom stereocenters. The van der Waals surface area contributed by atoms with E-state index in [0.717, 1.165) is 48.4 Å². The molecule has 14 nitrogen and oxygen atoms in total. The number of nitrogens with one attached hydrogen (secondary N) is 2. The summed E-state index contributed by atoms with van der Waals surface area (Å²) in [5, 5.41) is 23.5. The average molecular weight is 919 g/mol. The number of hydrogen-bond acceptors (Lipinski definition) is 12. The zero-order chi connectivity index (χ0) is 40.1. The molecular weight excluding hydrogens is 883 g/mol. The molecule has 0 amide bonds. The van der Waals surface area contributed by atoms with Gasteiger partial charge in [-0.05, 0) is 68.0 Å². The van der Waals surface area contributed by atoms with Gasteiger partial charge in [0.1, 0.15) is 17.5 Å². The lowest BCUT2D eigenvalue weighted by Gasteiger charge is -2.22. The maximum absolute atomic E-state index is 14.3. The monoisotopic (exact) mass is 916 g/mol. The Bertz CT molecular complexity index is 2800. The average Bonchev–Trinajstić information content (AvgIpc) is 4.13. The number of rotatable bonds is 10. The largest absolute Gasteiger partial charge is 0.366 e. The van der Waals surface area contributed by atoms with Crippen molar-refractivity contribution in [3.8, 4) is 34.0 Å². The molecular formula is C42H35Br2FN12O2. The molecule has 1 saturated carbocycles. The van der Waals surface area contributed by atoms with Crippen molar-refractivity contribution < 1.29 is 13.4 Å². The van der Waals surface area contributed by atoms with E-state index >= 15 is 0 Å². The highest BCUT2D eigenvalue weighted by atomic mass is 79.9. The third-order valence-electron chi connectivity index (χ3n) is 10.1. The zero-order valence-corrected chi connectivity index (χ0v) is 34.5. The Morgan fingerprint density at radius 2 is 1.20 bits per heavy atom. The van der Waals surface area contributed by atoms with Crippen LogP contribution in [0.3, 0.4) is 0 Å². The van der Waals surface area contributed by atoms with Gasteiger partial charge in [-0.15, -0.1) is 0 Å². The number of anilines is 2. The van der Waals surface area contributed by atoms with Crippen LogP contribution in [0.5, 0.6) is 0 Å². The summed E-state index contributed by atoms with van der Waals surface area (Å²) in [4.78, 5) is 17.6. The van der Waals surface area contributed by atoms with Crippen molar-refractivity contribution in [3.63, 3.8) is 0 Å². The summed E-state index contributed by atoms with van der Waals surface area (Å²) in [5.74, 6) is 3.01. The molecule has 17 heteroatoms. The number of hydrogen-bond donors (Lipinski definition) is 2. The lowest BCUT2D eigenvalue weighted by molar-refractivity contribution is 0.418. The van der Waals surface area contributed by atoms with Crippen molar-refractivity contribution in [1.29, 1.82) is 0 Å². The van der Waals surface area contributed by atoms with E-state index in [1.165, 1.54) is 51.0 Å². The second kappa shape index (κ2) is 17.3. The first kappa shape index (κ1) is 38.2. The van der Waals surface area contributed by atoms with Gasteiger partial charge >= 0.3 is 0 Å². The van der Waals surface area contributed by atoms with Gasteiger partial charge in [0.15, 0.2) is 11.3 Å². The van der Waals surface area contributed by atoms with Crippen molar-refractivity contribution in [1.82, 2.24) is 49.5 Å². The van der Waals surface area contributed by atoms with Crippen LogP contribution in [-0.2, 0) is 13.1 Å². The molecule has 0 bridgehead atoms. The Morgan fingerprint density at radius 3 is 1.75 bits per heavy atom. The van der Waals surface area contributed by atoms with Crippen LogP contribution in [0, 0.1) is 5.82 Å². The Kier molecular flexibility index (Phi) is 11.2. The maximum Gasteiger partial charge on any atom is 0.214 e. The van der Waals surface area contributed by atoms with E-state index in [1.807, 2.05) is 40.9 Å². The number of fused-ring (bicyclic) bond motifs is 2. The van der Waals surface area contributed by atoms with Crippen LogP contribution in [0.25, 0.3) is 45.3 Å². The van der Waals surface area contributed by atoms with Crippen LogP contribution < -0.4 is 10.6 Å². The normalized spacial score (nSPS) is 13.1. The fourth-order valence-electron chi connectivity index (χ4n) is 7.08. The van der Waals surface area contributed by atoms with E-state index in [1.54, 1.807) is 41.2 Å². The molecule has 0 spiro atoms. The molecule has 6 heterocycles. The van der Waals surface area contributed by atoms with E-state index in [0.29, 0.717) is 53.4 Å². The summed E-state index contributed by atoms with van der Waals surface area (Å²) in [6.45, 7) is 1.23. The number of benzene rings is 3. The van der Waals surface area contributed by atoms with Gasteiger partial charge in [-0.3, -0.25) is 0 Å². The first-order valence-electron chi connectivity index (χ1n) is 19.0. The van der Waals surface area contributed by atoms with Crippen LogP contribution in [0.4, 0.5) is 16.0 Å². The molecule has 9 aromatic rings. The second-order valence-corrected chi connectivity index (χ2v) is 15.7. The molecule has 0 unspecified atom stereocenters. The van der Waals surface area contributed by atoms with Crippen molar-refractivity contribution >= 4 is 54.8 Å². The van der Waals surface area contributed by atoms with Crippen molar-refractivity contribution in [2.45, 2.75) is 51.1 Å². The topological polar surface area (TPSA) is 162 Å². The summed E-state index contributed by atoms with van der Waals surface area (Å²) < 4.78 is 29.1. The van der Waals surface area contributed by atoms with Gasteiger partial charge < -0.3 is 19.7 Å². The fraction of sp³-hybridized carbons (Fsp3) is 0.190. The molecule has 10 rings (SSSR count). The predicted molar refractivity (Wildman–Crippen MR) is 227 cm³/mol. The number of halogens is 3. The molecule has 1 aliphatic carbocycles. The Morgan fingerprint density at radius 1 is 0.661 bits per heavy atom. The van der Waals surface area contributed by atoms with E-state index in [-0.39, 0.29) is 5.82 Å². The van der Waals surface area contributed by atoms with Crippen LogP contribution in [0.15, 0.2) is 128 Å². The van der Waals surface area contributed by atoms with Gasteiger partial charge in [0.2, 0.25) is 24.4 Å². The second-order valence-electron chi connectivity index (χ2n) is 14.0. The van der Waals surface area contributed by atoms with Crippen LogP contribution in [0.1, 0.15) is 54.8 Å². The summed E-state index contributed by atoms with van der Waals surface area (Å²) in [7, 11) is 0. The highest BCUT2D eigenvalue weighted by Gasteiger charge is 2.20. The predicted octanol–water partition coefficient (Wildman–Crippen LogP) is 10.2. The lowest BCUT2D eigenvalue weighted by Crippen LogP contribution is -2.11. The zero-order valence-electron chi connectivity index (χ0n) is 31.3. The Labute approximate surface area is 353 Å². The molecule has 2 N–H and O–H groups in total. The molecule has 0 radical (unpaired) electrons. The highest BCUT2D eigenvalue weighted by Crippen LogP contribution is 2.34. The molecule has 296 valence electrons. The van der Waals surface area contributed by atoms with Crippen molar-refractivity contribution in [3.05, 3.63) is 142 Å². The van der Waals surface area contributed by atoms with Gasteiger partial charge in [-0.2, -0.15) is 29.2 Å². The van der Waals surface area contributed by atoms with Gasteiger partial charge in [0.25, 0.3) is 0 Å². The molecule has 1 aliphatic rings. The molecule has 1 fully saturated rings. The number of nitrogens with zero attached hydrogens (tertiary/aromatic N) is 10. The smallest absolute Gasteiger partial charge is 0.214 e. The minimum Gasteiger partial charge on any atom is -0.366 e. The van der Waals surface area contributed by atoms with Crippen molar-refractivity contribution in [2.24, 2.45) is 0 Å². The van der Waals surface area contributed by atoms with E-state index < -0.39 is 0 Å². The molecule has 0 aliphatic heterocycles. The maximum atomic E-state index is 14.3. The fourth-order valence-corrected chi connectivity index (χ4v) is 7.78. The standard InChI is InChI=1S/C21H14BrFN6O.C21H21BrN6O/c22-16-11-26-29-19(9-18(27-21(16)29)15-3-1-2-4-17(15)23)24-10-13-5-7-14(8-6-13)20-25-12-30-28-20;22-17-12-25-28-19(10-18(26-21(17)28)15-4-2-1-3-5-15)23-11-14-6-8-16(9-7-14)20-24-13-29-27-20/h1-9,11-12,24H,10H2;6-10,12-13,15,23H,1-5,11H2. The third kappa shape index (κ3) is 8.47. The van der Waals surface area contributed by atoms with Crippen molar-refractivity contribution in [2.75, 3.05) is 10.6 Å². The molecule has 0 saturated heterocycles. The van der Waals surface area contributed by atoms with E-state index in [4.69, 9.17) is 14.0 Å². The lowest BCUT2D eigenvalue weighted by atomic mass is 9.87. The van der Waals surface area contributed by atoms with Gasteiger partial charge in [0.05, 0.1) is 27.0 Å². The Balaban J connectivity index is 0.000000152. The molecule has 59 heavy (non-hydrogen) atoms. The minimum atomic E-state index is -0.326. The summed E-state index contributed by atoms with van der Waals surface area (Å²) in [5.41, 5.74) is 7.60. The van der Waals surface area contributed by atoms with Gasteiger partial charge in [-0.25, -0.2) is 14.4 Å². The van der Waals surface area contributed by atoms with Gasteiger partial charge in [-0.1, -0.05) is 90.2 Å². The highest BCUT2D eigenvalue weighted by molar-refractivity contribution is 9.11. The van der Waals surface area contributed by atoms with Crippen LogP contribution >= 0.6 is 31.9 Å². The first-order chi connectivity index (χ1) is 29.0. The number of aromatic nitrogens is 10. The molecule has 6 aromatic heterocycles. The summed E-state index contributed by atoms with van der Waals surface area (Å²) in [6, 6.07) is 26.5. The molecule has 3 aromatic carbocycles. The summed E-state index contributed by atoms with van der Waals surface area (Å²) in [6.07, 6.45) is 12.4. The van der Waals surface area contributed by atoms with E-state index in [9.17, 15) is 4.39 Å². The Hall–Kier alpha value is -6.33. The quantitative estimate of drug-likeness (QED) is 0.134. The van der Waals surface area contributed by atoms with Crippen LogP contribution in [0.2, 0.25) is 0 Å². The third-order valence-corrected chi connectivity index (χ3v) is 11.3. The first-order valence-corrected chi connectivity index (χ1v) is 20.6. The van der Waals surface area contributed by atoms with E-state index in [2.05, 4.69) is 96.2 Å². The van der Waals surface area contributed by atoms with Crippen LogP contribution in [-0.4, -0.2) is 49.5 Å². The van der Waals surface area contributed by atoms with Gasteiger partial charge in [0, 0.05) is 53.5 Å². The SMILES string of the molecule is Brc1cnn2c(NCc3ccc(-c4ncon4)cc3)cc(C3CCCCC3)nc12.Fc1ccccc1-c1cc(NCc2ccc(-c3ncon3)cc2)n2ncc(Br)c2n1.